The smallest absolute Gasteiger partial charge is 0.237 e. The topological polar surface area (TPSA) is 29.1 Å². The van der Waals surface area contributed by atoms with Gasteiger partial charge in [0.2, 0.25) is 5.91 Å². The highest BCUT2D eigenvalue weighted by Gasteiger charge is 2.19. The van der Waals surface area contributed by atoms with Gasteiger partial charge < -0.3 is 5.32 Å². The van der Waals surface area contributed by atoms with Crippen LogP contribution in [0.3, 0.4) is 0 Å². The number of carbonyl (C=O) groups excluding carboxylic acids is 1. The van der Waals surface area contributed by atoms with Crippen LogP contribution in [0.15, 0.2) is 41.3 Å². The van der Waals surface area contributed by atoms with Crippen molar-refractivity contribution >= 4 is 23.4 Å². The first-order valence-corrected chi connectivity index (χ1v) is 7.75. The average Bonchev–Trinajstić information content (AvgIpc) is 2.45. The van der Waals surface area contributed by atoms with Crippen molar-refractivity contribution in [3.05, 3.63) is 59.2 Å². The summed E-state index contributed by atoms with van der Waals surface area (Å²) < 4.78 is 27.1. The lowest BCUT2D eigenvalue weighted by Gasteiger charge is -2.14. The third kappa shape index (κ3) is 3.85. The number of halogens is 2. The van der Waals surface area contributed by atoms with E-state index in [2.05, 4.69) is 5.32 Å². The number of nitrogens with one attached hydrogen (secondary N) is 1. The highest BCUT2D eigenvalue weighted by atomic mass is 32.2. The standard InChI is InChI=1S/C17H17F2NOS/c1-10-7-8-15(11(2)9-10)22-12(3)17(21)20-16-13(18)5-4-6-14(16)19/h4-9,12H,1-3H3,(H,20,21)/t12-/m1/s1. The molecule has 1 atom stereocenters. The van der Waals surface area contributed by atoms with E-state index < -0.39 is 28.5 Å². The second-order valence-corrected chi connectivity index (χ2v) is 6.50. The summed E-state index contributed by atoms with van der Waals surface area (Å²) in [6.45, 7) is 5.67. The largest absolute Gasteiger partial charge is 0.320 e. The number of thioether (sulfide) groups is 1. The quantitative estimate of drug-likeness (QED) is 0.827. The molecule has 0 aliphatic carbocycles. The Kier molecular flexibility index (Phi) is 5.19. The highest BCUT2D eigenvalue weighted by molar-refractivity contribution is 8.00. The third-order valence-corrected chi connectivity index (χ3v) is 4.49. The maximum atomic E-state index is 13.5. The molecule has 22 heavy (non-hydrogen) atoms. The predicted molar refractivity (Wildman–Crippen MR) is 86.2 cm³/mol. The van der Waals surface area contributed by atoms with Crippen LogP contribution in [-0.2, 0) is 4.79 Å². The molecule has 0 fully saturated rings. The van der Waals surface area contributed by atoms with Crippen LogP contribution < -0.4 is 5.32 Å². The predicted octanol–water partition coefficient (Wildman–Crippen LogP) is 4.70. The zero-order valence-electron chi connectivity index (χ0n) is 12.6. The molecule has 2 aromatic carbocycles. The first-order chi connectivity index (χ1) is 10.4. The zero-order chi connectivity index (χ0) is 16.3. The number of hydrogen-bond acceptors (Lipinski definition) is 2. The average molecular weight is 321 g/mol. The van der Waals surface area contributed by atoms with Gasteiger partial charge in [0.15, 0.2) is 0 Å². The van der Waals surface area contributed by atoms with Crippen LogP contribution >= 0.6 is 11.8 Å². The normalized spacial score (nSPS) is 12.0. The Labute approximate surface area is 132 Å². The van der Waals surface area contributed by atoms with E-state index in [9.17, 15) is 13.6 Å². The van der Waals surface area contributed by atoms with Crippen molar-refractivity contribution in [2.24, 2.45) is 0 Å². The number of carbonyl (C=O) groups is 1. The van der Waals surface area contributed by atoms with Gasteiger partial charge in [-0.2, -0.15) is 0 Å². The van der Waals surface area contributed by atoms with Gasteiger partial charge in [-0.15, -0.1) is 11.8 Å². The summed E-state index contributed by atoms with van der Waals surface area (Å²) in [7, 11) is 0. The molecule has 0 spiro atoms. The lowest BCUT2D eigenvalue weighted by Crippen LogP contribution is -2.23. The molecule has 0 aromatic heterocycles. The molecule has 0 aliphatic heterocycles. The monoisotopic (exact) mass is 321 g/mol. The first-order valence-electron chi connectivity index (χ1n) is 6.87. The molecule has 0 heterocycles. The van der Waals surface area contributed by atoms with Crippen molar-refractivity contribution in [3.63, 3.8) is 0 Å². The molecule has 116 valence electrons. The molecule has 1 amide bonds. The van der Waals surface area contributed by atoms with Gasteiger partial charge in [0.1, 0.15) is 17.3 Å². The van der Waals surface area contributed by atoms with Crippen molar-refractivity contribution < 1.29 is 13.6 Å². The zero-order valence-corrected chi connectivity index (χ0v) is 13.4. The molecule has 2 nitrogen and oxygen atoms in total. The van der Waals surface area contributed by atoms with Crippen molar-refractivity contribution in [1.82, 2.24) is 0 Å². The minimum absolute atomic E-state index is 0.402. The van der Waals surface area contributed by atoms with Gasteiger partial charge in [0, 0.05) is 4.90 Å². The van der Waals surface area contributed by atoms with Crippen molar-refractivity contribution in [2.45, 2.75) is 30.9 Å². The van der Waals surface area contributed by atoms with Gasteiger partial charge in [-0.05, 0) is 44.5 Å². The van der Waals surface area contributed by atoms with Crippen LogP contribution in [-0.4, -0.2) is 11.2 Å². The Bertz CT molecular complexity index is 683. The van der Waals surface area contributed by atoms with Crippen LogP contribution in [0.1, 0.15) is 18.1 Å². The van der Waals surface area contributed by atoms with Gasteiger partial charge >= 0.3 is 0 Å². The molecule has 0 saturated carbocycles. The van der Waals surface area contributed by atoms with Gasteiger partial charge in [-0.1, -0.05) is 23.8 Å². The lowest BCUT2D eigenvalue weighted by molar-refractivity contribution is -0.115. The molecule has 0 bridgehead atoms. The number of anilines is 1. The van der Waals surface area contributed by atoms with E-state index in [-0.39, 0.29) is 0 Å². The number of rotatable bonds is 4. The fourth-order valence-electron chi connectivity index (χ4n) is 2.02. The molecule has 2 rings (SSSR count). The maximum Gasteiger partial charge on any atom is 0.237 e. The minimum Gasteiger partial charge on any atom is -0.320 e. The van der Waals surface area contributed by atoms with Crippen LogP contribution in [0.2, 0.25) is 0 Å². The summed E-state index contributed by atoms with van der Waals surface area (Å²) in [6.07, 6.45) is 0. The number of aryl methyl sites for hydroxylation is 2. The maximum absolute atomic E-state index is 13.5. The van der Waals surface area contributed by atoms with Crippen molar-refractivity contribution in [3.8, 4) is 0 Å². The second kappa shape index (κ2) is 6.92. The summed E-state index contributed by atoms with van der Waals surface area (Å²) in [5, 5.41) is 1.85. The summed E-state index contributed by atoms with van der Waals surface area (Å²) >= 11 is 1.36. The molecular weight excluding hydrogens is 304 g/mol. The molecule has 5 heteroatoms. The first kappa shape index (κ1) is 16.5. The highest BCUT2D eigenvalue weighted by Crippen LogP contribution is 2.28. The van der Waals surface area contributed by atoms with E-state index in [1.54, 1.807) is 6.92 Å². The summed E-state index contributed by atoms with van der Waals surface area (Å²) in [4.78, 5) is 13.1. The van der Waals surface area contributed by atoms with E-state index >= 15 is 0 Å². The van der Waals surface area contributed by atoms with Crippen molar-refractivity contribution in [2.75, 3.05) is 5.32 Å². The fourth-order valence-corrected chi connectivity index (χ4v) is 2.96. The van der Waals surface area contributed by atoms with Crippen LogP contribution in [0.25, 0.3) is 0 Å². The molecule has 0 saturated heterocycles. The van der Waals surface area contributed by atoms with E-state index in [1.165, 1.54) is 17.8 Å². The Balaban J connectivity index is 2.09. The Morgan fingerprint density at radius 3 is 2.36 bits per heavy atom. The van der Waals surface area contributed by atoms with Gasteiger partial charge in [0.05, 0.1) is 5.25 Å². The number of para-hydroxylation sites is 1. The third-order valence-electron chi connectivity index (χ3n) is 3.21. The van der Waals surface area contributed by atoms with E-state index in [1.807, 2.05) is 32.0 Å². The number of hydrogen-bond donors (Lipinski definition) is 1. The lowest BCUT2D eigenvalue weighted by atomic mass is 10.2. The molecule has 2 aromatic rings. The number of amides is 1. The van der Waals surface area contributed by atoms with Gasteiger partial charge in [0.25, 0.3) is 0 Å². The molecule has 0 radical (unpaired) electrons. The van der Waals surface area contributed by atoms with Crippen LogP contribution in [0, 0.1) is 25.5 Å². The number of benzene rings is 2. The van der Waals surface area contributed by atoms with E-state index in [4.69, 9.17) is 0 Å². The molecule has 1 N–H and O–H groups in total. The molecule has 0 unspecified atom stereocenters. The van der Waals surface area contributed by atoms with Gasteiger partial charge in [-0.25, -0.2) is 8.78 Å². The fraction of sp³-hybridized carbons (Fsp3) is 0.235. The molecular formula is C17H17F2NOS. The van der Waals surface area contributed by atoms with Gasteiger partial charge in [-0.3, -0.25) is 4.79 Å². The Morgan fingerprint density at radius 2 is 1.77 bits per heavy atom. The van der Waals surface area contributed by atoms with Crippen molar-refractivity contribution in [1.29, 1.82) is 0 Å². The Hall–Kier alpha value is -1.88. The minimum atomic E-state index is -0.780. The summed E-state index contributed by atoms with van der Waals surface area (Å²) in [5.41, 5.74) is 1.81. The van der Waals surface area contributed by atoms with Crippen LogP contribution in [0.5, 0.6) is 0 Å². The van der Waals surface area contributed by atoms with E-state index in [0.717, 1.165) is 28.2 Å². The molecule has 0 aliphatic rings. The Morgan fingerprint density at radius 1 is 1.14 bits per heavy atom. The SMILES string of the molecule is Cc1ccc(S[C@H](C)C(=O)Nc2c(F)cccc2F)c(C)c1. The van der Waals surface area contributed by atoms with E-state index in [0.29, 0.717) is 0 Å². The summed E-state index contributed by atoms with van der Waals surface area (Å²) in [6, 6.07) is 9.43. The van der Waals surface area contributed by atoms with Crippen LogP contribution in [0.4, 0.5) is 14.5 Å². The second-order valence-electron chi connectivity index (χ2n) is 5.11. The summed E-state index contributed by atoms with van der Waals surface area (Å²) in [5.74, 6) is -2.00.